The van der Waals surface area contributed by atoms with Crippen LogP contribution in [0, 0.1) is 5.92 Å². The summed E-state index contributed by atoms with van der Waals surface area (Å²) in [5, 5.41) is 2.30. The van der Waals surface area contributed by atoms with Gasteiger partial charge in [-0.1, -0.05) is 13.8 Å². The monoisotopic (exact) mass is 246 g/mol. The first kappa shape index (κ1) is 15.3. The molecule has 0 aromatic heterocycles. The molecule has 2 amide bonds. The third kappa shape index (κ3) is 4.43. The molecule has 94 valence electrons. The number of carbonyl (C=O) groups is 2. The van der Waals surface area contributed by atoms with E-state index < -0.39 is 6.04 Å². The van der Waals surface area contributed by atoms with Gasteiger partial charge in [0, 0.05) is 13.6 Å². The summed E-state index contributed by atoms with van der Waals surface area (Å²) in [7, 11) is 1.71. The number of nitrogens with one attached hydrogen (secondary N) is 1. The molecule has 2 atom stereocenters. The minimum absolute atomic E-state index is 0.0832. The van der Waals surface area contributed by atoms with Crippen LogP contribution in [-0.4, -0.2) is 41.6 Å². The zero-order chi connectivity index (χ0) is 12.9. The van der Waals surface area contributed by atoms with Gasteiger partial charge in [0.15, 0.2) is 0 Å². The third-order valence-electron chi connectivity index (χ3n) is 2.48. The first-order valence-corrected chi connectivity index (χ1v) is 6.06. The van der Waals surface area contributed by atoms with Crippen molar-refractivity contribution >= 4 is 24.4 Å². The summed E-state index contributed by atoms with van der Waals surface area (Å²) in [6.07, 6.45) is 0. The van der Waals surface area contributed by atoms with Gasteiger partial charge in [-0.15, -0.1) is 0 Å². The van der Waals surface area contributed by atoms with Gasteiger partial charge in [-0.3, -0.25) is 9.59 Å². The van der Waals surface area contributed by atoms with E-state index in [0.29, 0.717) is 6.54 Å². The van der Waals surface area contributed by atoms with Gasteiger partial charge in [0.05, 0.1) is 5.25 Å². The molecule has 0 aliphatic carbocycles. The molecule has 0 saturated carbocycles. The Morgan fingerprint density at radius 2 is 1.81 bits per heavy atom. The van der Waals surface area contributed by atoms with Gasteiger partial charge in [0.2, 0.25) is 11.8 Å². The highest BCUT2D eigenvalue weighted by molar-refractivity contribution is 7.81. The Morgan fingerprint density at radius 1 is 1.31 bits per heavy atom. The van der Waals surface area contributed by atoms with Gasteiger partial charge >= 0.3 is 0 Å². The summed E-state index contributed by atoms with van der Waals surface area (Å²) < 4.78 is 0. The summed E-state index contributed by atoms with van der Waals surface area (Å²) in [6.45, 7) is 8.05. The van der Waals surface area contributed by atoms with Crippen LogP contribution in [0.3, 0.4) is 0 Å². The molecule has 2 unspecified atom stereocenters. The molecule has 0 fully saturated rings. The van der Waals surface area contributed by atoms with E-state index >= 15 is 0 Å². The van der Waals surface area contributed by atoms with Crippen LogP contribution in [0.1, 0.15) is 27.7 Å². The van der Waals surface area contributed by atoms with Crippen molar-refractivity contribution in [3.63, 3.8) is 0 Å². The van der Waals surface area contributed by atoms with Gasteiger partial charge in [0.25, 0.3) is 0 Å². The topological polar surface area (TPSA) is 49.4 Å². The summed E-state index contributed by atoms with van der Waals surface area (Å²) in [6, 6.07) is -0.495. The average Bonchev–Trinajstić information content (AvgIpc) is 2.25. The van der Waals surface area contributed by atoms with E-state index in [-0.39, 0.29) is 23.0 Å². The van der Waals surface area contributed by atoms with Crippen LogP contribution < -0.4 is 5.32 Å². The number of likely N-dealkylation sites (N-methyl/N-ethyl adjacent to an activating group) is 1. The average molecular weight is 246 g/mol. The number of hydrogen-bond acceptors (Lipinski definition) is 3. The molecule has 0 aromatic rings. The molecular formula is C11H22N2O2S. The third-order valence-corrected chi connectivity index (χ3v) is 3.31. The summed E-state index contributed by atoms with van der Waals surface area (Å²) >= 11 is 4.20. The van der Waals surface area contributed by atoms with Crippen molar-refractivity contribution in [3.05, 3.63) is 0 Å². The van der Waals surface area contributed by atoms with Crippen molar-refractivity contribution in [1.82, 2.24) is 10.2 Å². The lowest BCUT2D eigenvalue weighted by atomic mass is 10.1. The lowest BCUT2D eigenvalue weighted by molar-refractivity contribution is -0.134. The minimum atomic E-state index is -0.495. The smallest absolute Gasteiger partial charge is 0.244 e. The SMILES string of the molecule is CCN(C)C(=O)C(C)NC(=O)C(S)C(C)C. The molecule has 4 nitrogen and oxygen atoms in total. The Hall–Kier alpha value is -0.710. The maximum absolute atomic E-state index is 11.7. The standard InChI is InChI=1S/C11H22N2O2S/c1-6-13(5)11(15)8(4)12-10(14)9(16)7(2)3/h7-9,16H,6H2,1-5H3,(H,12,14). The zero-order valence-electron chi connectivity index (χ0n) is 10.7. The van der Waals surface area contributed by atoms with Crippen LogP contribution in [0.25, 0.3) is 0 Å². The molecule has 1 N–H and O–H groups in total. The zero-order valence-corrected chi connectivity index (χ0v) is 11.5. The fourth-order valence-corrected chi connectivity index (χ4v) is 1.22. The van der Waals surface area contributed by atoms with Gasteiger partial charge in [-0.25, -0.2) is 0 Å². The Balaban J connectivity index is 4.29. The molecule has 0 heterocycles. The Bertz CT molecular complexity index is 256. The largest absolute Gasteiger partial charge is 0.344 e. The van der Waals surface area contributed by atoms with Gasteiger partial charge in [-0.05, 0) is 19.8 Å². The maximum Gasteiger partial charge on any atom is 0.244 e. The van der Waals surface area contributed by atoms with Gasteiger partial charge < -0.3 is 10.2 Å². The van der Waals surface area contributed by atoms with Crippen molar-refractivity contribution in [2.45, 2.75) is 39.0 Å². The van der Waals surface area contributed by atoms with Crippen molar-refractivity contribution in [2.75, 3.05) is 13.6 Å². The van der Waals surface area contributed by atoms with Crippen molar-refractivity contribution in [1.29, 1.82) is 0 Å². The van der Waals surface area contributed by atoms with E-state index in [9.17, 15) is 9.59 Å². The summed E-state index contributed by atoms with van der Waals surface area (Å²) in [4.78, 5) is 24.9. The molecule has 0 saturated heterocycles. The Labute approximate surface area is 103 Å². The first-order valence-electron chi connectivity index (χ1n) is 5.54. The fourth-order valence-electron chi connectivity index (χ4n) is 1.15. The van der Waals surface area contributed by atoms with Gasteiger partial charge in [-0.2, -0.15) is 12.6 Å². The number of thiol groups is 1. The molecule has 0 aliphatic rings. The van der Waals surface area contributed by atoms with Crippen molar-refractivity contribution < 1.29 is 9.59 Å². The second-order valence-corrected chi connectivity index (χ2v) is 4.83. The molecule has 0 aromatic carbocycles. The fraction of sp³-hybridized carbons (Fsp3) is 0.818. The highest BCUT2D eigenvalue weighted by Crippen LogP contribution is 2.09. The van der Waals surface area contributed by atoms with Crippen LogP contribution in [0.15, 0.2) is 0 Å². The molecule has 5 heteroatoms. The first-order chi connectivity index (χ1) is 7.31. The van der Waals surface area contributed by atoms with Crippen LogP contribution in [-0.2, 0) is 9.59 Å². The molecule has 0 spiro atoms. The predicted octanol–water partition coefficient (Wildman–Crippen LogP) is 0.924. The van der Waals surface area contributed by atoms with Crippen LogP contribution >= 0.6 is 12.6 Å². The number of amides is 2. The molecular weight excluding hydrogens is 224 g/mol. The van der Waals surface area contributed by atoms with E-state index in [1.165, 1.54) is 0 Å². The van der Waals surface area contributed by atoms with E-state index in [1.54, 1.807) is 18.9 Å². The molecule has 0 radical (unpaired) electrons. The summed E-state index contributed by atoms with van der Waals surface area (Å²) in [5.41, 5.74) is 0. The quantitative estimate of drug-likeness (QED) is 0.709. The van der Waals surface area contributed by atoms with Crippen molar-refractivity contribution in [2.24, 2.45) is 5.92 Å². The Morgan fingerprint density at radius 3 is 2.19 bits per heavy atom. The second-order valence-electron chi connectivity index (χ2n) is 4.27. The van der Waals surface area contributed by atoms with Gasteiger partial charge in [0.1, 0.15) is 6.04 Å². The van der Waals surface area contributed by atoms with Crippen LogP contribution in [0.5, 0.6) is 0 Å². The van der Waals surface area contributed by atoms with Crippen LogP contribution in [0.4, 0.5) is 0 Å². The molecule has 0 aliphatic heterocycles. The van der Waals surface area contributed by atoms with Crippen LogP contribution in [0.2, 0.25) is 0 Å². The number of hydrogen-bond donors (Lipinski definition) is 2. The molecule has 16 heavy (non-hydrogen) atoms. The van der Waals surface area contributed by atoms with Crippen molar-refractivity contribution in [3.8, 4) is 0 Å². The minimum Gasteiger partial charge on any atom is -0.344 e. The Kier molecular flexibility index (Phi) is 6.48. The lowest BCUT2D eigenvalue weighted by Crippen LogP contribution is -2.48. The normalized spacial score (nSPS) is 14.4. The van der Waals surface area contributed by atoms with E-state index in [2.05, 4.69) is 17.9 Å². The molecule has 0 bridgehead atoms. The number of rotatable bonds is 5. The van der Waals surface area contributed by atoms with E-state index in [4.69, 9.17) is 0 Å². The number of nitrogens with zero attached hydrogens (tertiary/aromatic N) is 1. The maximum atomic E-state index is 11.7. The lowest BCUT2D eigenvalue weighted by Gasteiger charge is -2.22. The molecule has 0 rings (SSSR count). The highest BCUT2D eigenvalue weighted by atomic mass is 32.1. The van der Waals surface area contributed by atoms with E-state index in [0.717, 1.165) is 0 Å². The summed E-state index contributed by atoms with van der Waals surface area (Å²) in [5.74, 6) is -0.127. The highest BCUT2D eigenvalue weighted by Gasteiger charge is 2.23. The predicted molar refractivity (Wildman–Crippen MR) is 68.5 cm³/mol. The number of carbonyl (C=O) groups excluding carboxylic acids is 2. The van der Waals surface area contributed by atoms with E-state index in [1.807, 2.05) is 20.8 Å². The second kappa shape index (κ2) is 6.78.